The number of hydrogen-bond acceptors (Lipinski definition) is 5. The highest BCUT2D eigenvalue weighted by Gasteiger charge is 2.81. The summed E-state index contributed by atoms with van der Waals surface area (Å²) in [6.45, 7) is 1.98. The number of hydrogen-bond donors (Lipinski definition) is 2. The molecular formula is C22H28O5. The molecule has 0 amide bonds. The van der Waals surface area contributed by atoms with E-state index in [1.807, 2.05) is 0 Å². The maximum Gasteiger partial charge on any atom is 0.190 e. The summed E-state index contributed by atoms with van der Waals surface area (Å²) in [5, 5.41) is 21.5. The molecule has 0 radical (unpaired) electrons. The number of carbonyl (C=O) groups is 2. The van der Waals surface area contributed by atoms with Crippen molar-refractivity contribution in [2.24, 2.45) is 28.6 Å². The number of ketones is 2. The van der Waals surface area contributed by atoms with Crippen molar-refractivity contribution in [2.45, 2.75) is 63.7 Å². The van der Waals surface area contributed by atoms with E-state index in [0.717, 1.165) is 0 Å². The fourth-order valence-corrected chi connectivity index (χ4v) is 7.07. The molecule has 0 aromatic carbocycles. The van der Waals surface area contributed by atoms with Gasteiger partial charge in [-0.2, -0.15) is 0 Å². The second-order valence-electron chi connectivity index (χ2n) is 9.36. The van der Waals surface area contributed by atoms with E-state index in [1.54, 1.807) is 26.8 Å². The molecule has 0 unspecified atom stereocenters. The number of Topliss-reactive ketones (excluding diaryl/α,β-unsaturated/α-hetero) is 1. The minimum Gasteiger partial charge on any atom is -0.388 e. The molecule has 0 bridgehead atoms. The van der Waals surface area contributed by atoms with Crippen molar-refractivity contribution >= 4 is 11.6 Å². The molecule has 1 heterocycles. The summed E-state index contributed by atoms with van der Waals surface area (Å²) in [6, 6.07) is -0.338. The van der Waals surface area contributed by atoms with Crippen LogP contribution in [-0.2, 0) is 14.3 Å². The van der Waals surface area contributed by atoms with Crippen molar-refractivity contribution in [3.8, 4) is 0 Å². The number of rotatable bonds is 2. The molecule has 27 heavy (non-hydrogen) atoms. The second-order valence-corrected chi connectivity index (χ2v) is 9.36. The van der Waals surface area contributed by atoms with Crippen molar-refractivity contribution in [2.75, 3.05) is 6.56 Å². The van der Waals surface area contributed by atoms with Crippen LogP contribution in [0.25, 0.3) is 0 Å². The number of fused-ring (bicyclic) bond motifs is 3. The molecule has 0 aromatic heterocycles. The highest BCUT2D eigenvalue weighted by Crippen LogP contribution is 2.76. The number of epoxide rings is 1. The van der Waals surface area contributed by atoms with Gasteiger partial charge in [0.25, 0.3) is 0 Å². The molecule has 4 fully saturated rings. The van der Waals surface area contributed by atoms with Gasteiger partial charge in [-0.05, 0) is 62.4 Å². The van der Waals surface area contributed by atoms with Gasteiger partial charge >= 0.3 is 0 Å². The van der Waals surface area contributed by atoms with Gasteiger partial charge in [0, 0.05) is 13.6 Å². The van der Waals surface area contributed by atoms with E-state index in [1.165, 1.54) is 6.08 Å². The van der Waals surface area contributed by atoms with Crippen molar-refractivity contribution in [3.63, 3.8) is 0 Å². The zero-order valence-corrected chi connectivity index (χ0v) is 15.7. The Morgan fingerprint density at radius 1 is 1.48 bits per heavy atom. The average molecular weight is 377 g/mol. The largest absolute Gasteiger partial charge is 0.388 e. The Morgan fingerprint density at radius 3 is 2.93 bits per heavy atom. The van der Waals surface area contributed by atoms with Crippen LogP contribution >= 0.6 is 0 Å². The predicted molar refractivity (Wildman–Crippen MR) is 97.7 cm³/mol. The molecule has 1 aliphatic heterocycles. The van der Waals surface area contributed by atoms with Crippen molar-refractivity contribution in [1.82, 2.24) is 0 Å². The summed E-state index contributed by atoms with van der Waals surface area (Å²) >= 11 is 0. The average Bonchev–Trinajstić information content (AvgIpc) is 3.35. The molecule has 2 N–H and O–H groups in total. The summed E-state index contributed by atoms with van der Waals surface area (Å²) in [5.41, 5.74) is -5.00. The first-order chi connectivity index (χ1) is 14.5. The molecule has 0 aromatic rings. The zero-order valence-electron chi connectivity index (χ0n) is 20.7. The SMILES string of the molecule is [2H]C1=C2C([2H])([2H])C[C@H]3[C@@H]4C[C@@H](C)[C@](O)(C(=O)C([2H])([2H])O)[C@@]4(C)C[C@@H]4O[C@@]43[C@@]2(C)C=CC1=O. The molecule has 3 saturated carbocycles. The first-order valence-electron chi connectivity index (χ1n) is 12.1. The lowest BCUT2D eigenvalue weighted by Gasteiger charge is -2.55. The van der Waals surface area contributed by atoms with Crippen LogP contribution in [0.3, 0.4) is 0 Å². The lowest BCUT2D eigenvalue weighted by Crippen LogP contribution is -2.62. The molecule has 8 atom stereocenters. The number of allylic oxidation sites excluding steroid dienone is 2. The Labute approximate surface area is 166 Å². The maximum absolute atomic E-state index is 13.0. The fraction of sp³-hybridized carbons (Fsp3) is 0.727. The third-order valence-electron chi connectivity index (χ3n) is 8.51. The van der Waals surface area contributed by atoms with Gasteiger partial charge in [-0.15, -0.1) is 0 Å². The van der Waals surface area contributed by atoms with Crippen LogP contribution in [0.5, 0.6) is 0 Å². The molecular weight excluding hydrogens is 344 g/mol. The molecule has 5 aliphatic rings. The first kappa shape index (κ1) is 13.0. The Balaban J connectivity index is 1.66. The molecule has 4 aliphatic carbocycles. The third kappa shape index (κ3) is 1.73. The smallest absolute Gasteiger partial charge is 0.190 e. The molecule has 1 saturated heterocycles. The van der Waals surface area contributed by atoms with Crippen LogP contribution in [-0.4, -0.2) is 45.6 Å². The minimum atomic E-state index is -3.20. The topological polar surface area (TPSA) is 87.1 Å². The van der Waals surface area contributed by atoms with Crippen molar-refractivity contribution < 1.29 is 31.4 Å². The first-order valence-corrected chi connectivity index (χ1v) is 9.61. The Hall–Kier alpha value is -1.30. The lowest BCUT2D eigenvalue weighted by atomic mass is 9.46. The van der Waals surface area contributed by atoms with E-state index >= 15 is 0 Å². The van der Waals surface area contributed by atoms with Crippen molar-refractivity contribution in [3.05, 3.63) is 23.8 Å². The third-order valence-corrected chi connectivity index (χ3v) is 8.51. The van der Waals surface area contributed by atoms with E-state index in [4.69, 9.17) is 11.6 Å². The van der Waals surface area contributed by atoms with Gasteiger partial charge < -0.3 is 14.9 Å². The van der Waals surface area contributed by atoms with Crippen LogP contribution in [0.1, 0.15) is 53.3 Å². The number of carbonyl (C=O) groups excluding carboxylic acids is 2. The van der Waals surface area contributed by atoms with Crippen LogP contribution in [0, 0.1) is 28.6 Å². The molecule has 5 nitrogen and oxygen atoms in total. The van der Waals surface area contributed by atoms with Gasteiger partial charge in [0.05, 0.1) is 10.2 Å². The lowest BCUT2D eigenvalue weighted by molar-refractivity contribution is -0.165. The highest BCUT2D eigenvalue weighted by molar-refractivity contribution is 6.01. The highest BCUT2D eigenvalue weighted by atomic mass is 16.6. The van der Waals surface area contributed by atoms with E-state index in [0.29, 0.717) is 6.42 Å². The molecule has 5 heteroatoms. The van der Waals surface area contributed by atoms with Crippen LogP contribution in [0.2, 0.25) is 0 Å². The second kappa shape index (κ2) is 5.00. The van der Waals surface area contributed by atoms with Gasteiger partial charge in [-0.25, -0.2) is 0 Å². The number of ether oxygens (including phenoxy) is 1. The standard InChI is InChI=1S/C22H28O5/c1-12-8-16-15-5-4-13-9-14(24)6-7-19(13,2)22(15)18(27-22)10-20(16,3)21(12,26)17(25)11-23/h6-7,9,12,15-16,18,23,26H,4-5,8,10-11H2,1-3H3/t12-,15+,16+,18+,19+,20+,21+,22-/m1/s1/i4D2,9D,11D2. The number of aliphatic hydroxyl groups is 2. The van der Waals surface area contributed by atoms with Crippen LogP contribution < -0.4 is 0 Å². The predicted octanol–water partition coefficient (Wildman–Crippen LogP) is 1.96. The Morgan fingerprint density at radius 2 is 2.22 bits per heavy atom. The summed E-state index contributed by atoms with van der Waals surface area (Å²) in [5.74, 6) is -3.24. The summed E-state index contributed by atoms with van der Waals surface area (Å²) in [7, 11) is 0. The van der Waals surface area contributed by atoms with E-state index in [9.17, 15) is 19.8 Å². The Kier molecular flexibility index (Phi) is 2.41. The monoisotopic (exact) mass is 377 g/mol. The fourth-order valence-electron chi connectivity index (χ4n) is 7.07. The Bertz CT molecular complexity index is 1020. The summed E-state index contributed by atoms with van der Waals surface area (Å²) in [4.78, 5) is 25.2. The van der Waals surface area contributed by atoms with Gasteiger partial charge in [0.2, 0.25) is 0 Å². The van der Waals surface area contributed by atoms with Gasteiger partial charge in [-0.1, -0.05) is 25.5 Å². The van der Waals surface area contributed by atoms with E-state index in [-0.39, 0.29) is 30.4 Å². The molecule has 146 valence electrons. The summed E-state index contributed by atoms with van der Waals surface area (Å²) in [6.07, 6.45) is 1.10. The van der Waals surface area contributed by atoms with E-state index in [2.05, 4.69) is 0 Å². The summed E-state index contributed by atoms with van der Waals surface area (Å²) < 4.78 is 47.3. The van der Waals surface area contributed by atoms with Gasteiger partial charge in [0.1, 0.15) is 17.8 Å². The van der Waals surface area contributed by atoms with Gasteiger partial charge in [-0.3, -0.25) is 9.59 Å². The van der Waals surface area contributed by atoms with Crippen LogP contribution in [0.4, 0.5) is 0 Å². The normalized spacial score (nSPS) is 60.6. The molecule has 5 rings (SSSR count). The van der Waals surface area contributed by atoms with Crippen LogP contribution in [0.15, 0.2) is 23.8 Å². The molecule has 1 spiro atoms. The van der Waals surface area contributed by atoms with Gasteiger partial charge in [0.15, 0.2) is 11.6 Å². The quantitative estimate of drug-likeness (QED) is 0.719. The minimum absolute atomic E-state index is 0.0266. The van der Waals surface area contributed by atoms with E-state index < -0.39 is 64.5 Å². The maximum atomic E-state index is 13.0. The zero-order chi connectivity index (χ0) is 23.9. The van der Waals surface area contributed by atoms with Crippen molar-refractivity contribution in [1.29, 1.82) is 0 Å².